The number of alkyl halides is 6. The van der Waals surface area contributed by atoms with Gasteiger partial charge in [-0.1, -0.05) is 18.2 Å². The Morgan fingerprint density at radius 1 is 1.10 bits per heavy atom. The Bertz CT molecular complexity index is 1450. The van der Waals surface area contributed by atoms with Crippen molar-refractivity contribution in [2.45, 2.75) is 81.6 Å². The van der Waals surface area contributed by atoms with E-state index in [0.717, 1.165) is 48.6 Å². The summed E-state index contributed by atoms with van der Waals surface area (Å²) in [6.45, 7) is 3.68. The third-order valence-corrected chi connectivity index (χ3v) is 10.7. The maximum absolute atomic E-state index is 13.7. The first-order chi connectivity index (χ1) is 18.8. The topological polar surface area (TPSA) is 96.4 Å². The zero-order valence-corrected chi connectivity index (χ0v) is 24.2. The Kier molecular flexibility index (Phi) is 8.04. The van der Waals surface area contributed by atoms with Crippen molar-refractivity contribution in [3.05, 3.63) is 40.0 Å². The highest BCUT2D eigenvalue weighted by Crippen LogP contribution is 2.52. The highest BCUT2D eigenvalue weighted by Gasteiger charge is 2.68. The maximum atomic E-state index is 13.7. The van der Waals surface area contributed by atoms with Crippen molar-refractivity contribution < 1.29 is 44.3 Å². The Labute approximate surface area is 237 Å². The minimum Gasteiger partial charge on any atom is -0.347 e. The van der Waals surface area contributed by atoms with Gasteiger partial charge in [0.05, 0.1) is 10.1 Å². The molecule has 1 aliphatic heterocycles. The van der Waals surface area contributed by atoms with Crippen molar-refractivity contribution >= 4 is 33.0 Å². The van der Waals surface area contributed by atoms with Crippen LogP contribution >= 0.6 is 11.3 Å². The summed E-state index contributed by atoms with van der Waals surface area (Å²) in [5.74, 6) is -1.15. The number of halogens is 6. The van der Waals surface area contributed by atoms with E-state index >= 15 is 0 Å². The number of thiazole rings is 1. The summed E-state index contributed by atoms with van der Waals surface area (Å²) in [6, 6.07) is 2.07. The fraction of sp³-hybridized carbons (Fsp3) is 0.577. The molecule has 2 amide bonds. The van der Waals surface area contributed by atoms with Crippen molar-refractivity contribution in [3.63, 3.8) is 0 Å². The van der Waals surface area contributed by atoms with Crippen LogP contribution in [-0.2, 0) is 15.3 Å². The van der Waals surface area contributed by atoms with Gasteiger partial charge in [0.25, 0.3) is 11.8 Å². The molecule has 2 fully saturated rings. The zero-order chi connectivity index (χ0) is 30.7. The summed E-state index contributed by atoms with van der Waals surface area (Å²) in [5.41, 5.74) is -5.04. The zero-order valence-electron chi connectivity index (χ0n) is 22.6. The summed E-state index contributed by atoms with van der Waals surface area (Å²) < 4.78 is 105. The third-order valence-electron chi connectivity index (χ3n) is 8.06. The van der Waals surface area contributed by atoms with Crippen LogP contribution in [-0.4, -0.2) is 72.6 Å². The normalized spacial score (nSPS) is 22.0. The maximum Gasteiger partial charge on any atom is 0.406 e. The first-order valence-corrected chi connectivity index (χ1v) is 15.6. The molecule has 0 bridgehead atoms. The van der Waals surface area contributed by atoms with Crippen LogP contribution in [0.25, 0.3) is 10.4 Å². The van der Waals surface area contributed by atoms with Gasteiger partial charge in [-0.15, -0.1) is 11.3 Å². The molecule has 7 nitrogen and oxygen atoms in total. The molecular formula is C26H29F6N3O4S2. The van der Waals surface area contributed by atoms with Crippen molar-refractivity contribution in [1.29, 1.82) is 0 Å². The summed E-state index contributed by atoms with van der Waals surface area (Å²) in [7, 11) is -3.26. The van der Waals surface area contributed by atoms with Crippen LogP contribution in [0, 0.1) is 6.92 Å². The molecule has 1 N–H and O–H groups in total. The molecule has 2 aromatic rings. The molecule has 2 heterocycles. The second kappa shape index (κ2) is 10.5. The molecule has 2 aliphatic rings. The molecule has 41 heavy (non-hydrogen) atoms. The molecule has 1 atom stereocenters. The van der Waals surface area contributed by atoms with Crippen LogP contribution in [0.2, 0.25) is 0 Å². The monoisotopic (exact) mass is 625 g/mol. The number of carbonyl (C=O) groups excluding carboxylic acids is 2. The number of aryl methyl sites for hydroxylation is 1. The fourth-order valence-electron chi connectivity index (χ4n) is 5.11. The van der Waals surface area contributed by atoms with E-state index in [-0.39, 0.29) is 52.5 Å². The number of rotatable bonds is 6. The highest BCUT2D eigenvalue weighted by atomic mass is 32.2. The van der Waals surface area contributed by atoms with Crippen molar-refractivity contribution in [3.8, 4) is 10.4 Å². The Balaban J connectivity index is 1.73. The lowest BCUT2D eigenvalue weighted by Crippen LogP contribution is -2.51. The molecule has 226 valence electrons. The Morgan fingerprint density at radius 3 is 2.20 bits per heavy atom. The van der Waals surface area contributed by atoms with Crippen molar-refractivity contribution in [2.75, 3.05) is 12.8 Å². The van der Waals surface area contributed by atoms with E-state index in [1.54, 1.807) is 4.90 Å². The molecule has 0 spiro atoms. The van der Waals surface area contributed by atoms with Gasteiger partial charge in [-0.3, -0.25) is 9.59 Å². The fourth-order valence-corrected chi connectivity index (χ4v) is 7.33. The number of carbonyl (C=O) groups is 2. The van der Waals surface area contributed by atoms with E-state index in [9.17, 15) is 44.3 Å². The van der Waals surface area contributed by atoms with Crippen LogP contribution in [0.5, 0.6) is 0 Å². The third kappa shape index (κ3) is 5.71. The highest BCUT2D eigenvalue weighted by molar-refractivity contribution is 7.91. The number of sulfone groups is 1. The van der Waals surface area contributed by atoms with Gasteiger partial charge in [-0.2, -0.15) is 26.3 Å². The molecule has 0 radical (unpaired) electrons. The molecule has 1 aromatic heterocycles. The summed E-state index contributed by atoms with van der Waals surface area (Å²) in [4.78, 5) is 32.5. The second-order valence-electron chi connectivity index (χ2n) is 10.9. The molecule has 1 saturated heterocycles. The van der Waals surface area contributed by atoms with Crippen LogP contribution in [0.15, 0.2) is 18.2 Å². The first kappa shape index (κ1) is 31.3. The van der Waals surface area contributed by atoms with Gasteiger partial charge < -0.3 is 10.2 Å². The van der Waals surface area contributed by atoms with Gasteiger partial charge in [-0.25, -0.2) is 13.4 Å². The Hall–Kier alpha value is -2.68. The number of amides is 2. The molecule has 1 saturated carbocycles. The van der Waals surface area contributed by atoms with Crippen molar-refractivity contribution in [2.24, 2.45) is 0 Å². The van der Waals surface area contributed by atoms with Gasteiger partial charge in [0.2, 0.25) is 0 Å². The first-order valence-electron chi connectivity index (χ1n) is 12.8. The number of hydrogen-bond acceptors (Lipinski definition) is 6. The van der Waals surface area contributed by atoms with Gasteiger partial charge in [0.15, 0.2) is 10.4 Å². The van der Waals surface area contributed by atoms with E-state index in [1.165, 1.54) is 6.92 Å². The average Bonchev–Trinajstić information content (AvgIpc) is 3.44. The molecule has 1 aromatic carbocycles. The number of benzene rings is 1. The van der Waals surface area contributed by atoms with Crippen LogP contribution in [0.4, 0.5) is 26.3 Å². The average molecular weight is 626 g/mol. The standard InChI is InChI=1S/C26H29F6N3O4S2/c1-13-10-15(24(3,25(27,28)29)26(30,31)32)7-8-18(13)20-19(23(37)35-9-5-6-14(35)2)34-22(40-20)21(36)33-16-11-17(12-16)41(4,38)39/h7-8,10,14,16-17H,5-6,9,11-12H2,1-4H3,(H,33,36)/t14-,16?,17?/m0/s1. The van der Waals surface area contributed by atoms with Gasteiger partial charge in [0, 0.05) is 24.9 Å². The van der Waals surface area contributed by atoms with E-state index in [2.05, 4.69) is 10.3 Å². The van der Waals surface area contributed by atoms with Gasteiger partial charge >= 0.3 is 12.4 Å². The molecule has 1 aliphatic carbocycles. The minimum atomic E-state index is -5.63. The SMILES string of the molecule is Cc1cc(C(C)(C(F)(F)F)C(F)(F)F)ccc1-c1sc(C(=O)NC2CC(S(C)(=O)=O)C2)nc1C(=O)N1CCC[C@@H]1C. The number of nitrogens with zero attached hydrogens (tertiary/aromatic N) is 2. The number of aromatic nitrogens is 1. The Morgan fingerprint density at radius 2 is 1.71 bits per heavy atom. The number of hydrogen-bond donors (Lipinski definition) is 1. The molecule has 4 rings (SSSR count). The van der Waals surface area contributed by atoms with Crippen molar-refractivity contribution in [1.82, 2.24) is 15.2 Å². The van der Waals surface area contributed by atoms with Crippen LogP contribution in [0.1, 0.15) is 70.9 Å². The smallest absolute Gasteiger partial charge is 0.347 e. The lowest BCUT2D eigenvalue weighted by Gasteiger charge is -2.34. The molecule has 15 heteroatoms. The lowest BCUT2D eigenvalue weighted by molar-refractivity contribution is -0.297. The van der Waals surface area contributed by atoms with Gasteiger partial charge in [-0.05, 0) is 63.1 Å². The largest absolute Gasteiger partial charge is 0.406 e. The van der Waals surface area contributed by atoms with E-state index in [4.69, 9.17) is 0 Å². The number of nitrogens with one attached hydrogen (secondary N) is 1. The summed E-state index contributed by atoms with van der Waals surface area (Å²) in [6.07, 6.45) is -8.22. The number of likely N-dealkylation sites (tertiary alicyclic amines) is 1. The second-order valence-corrected chi connectivity index (χ2v) is 14.3. The van der Waals surface area contributed by atoms with E-state index in [0.29, 0.717) is 6.54 Å². The predicted molar refractivity (Wildman–Crippen MR) is 141 cm³/mol. The van der Waals surface area contributed by atoms with Crippen LogP contribution in [0.3, 0.4) is 0 Å². The van der Waals surface area contributed by atoms with Gasteiger partial charge in [0.1, 0.15) is 15.5 Å². The predicted octanol–water partition coefficient (Wildman–Crippen LogP) is 5.43. The minimum absolute atomic E-state index is 0.0383. The summed E-state index contributed by atoms with van der Waals surface area (Å²) in [5, 5.41) is 1.99. The van der Waals surface area contributed by atoms with E-state index < -0.39 is 56.3 Å². The summed E-state index contributed by atoms with van der Waals surface area (Å²) >= 11 is 0.797. The quantitative estimate of drug-likeness (QED) is 0.432. The molecular weight excluding hydrogens is 596 g/mol. The van der Waals surface area contributed by atoms with E-state index in [1.807, 2.05) is 6.92 Å². The molecule has 0 unspecified atom stereocenters. The van der Waals surface area contributed by atoms with Crippen LogP contribution < -0.4 is 5.32 Å². The lowest BCUT2D eigenvalue weighted by atomic mass is 9.79.